The number of hydrogen-bond donors (Lipinski definition) is 0. The zero-order chi connectivity index (χ0) is 16.4. The summed E-state index contributed by atoms with van der Waals surface area (Å²) >= 11 is 0. The normalized spacial score (nSPS) is 10.7. The van der Waals surface area contributed by atoms with Gasteiger partial charge in [-0.25, -0.2) is 9.97 Å². The van der Waals surface area contributed by atoms with E-state index in [0.717, 1.165) is 39.7 Å². The van der Waals surface area contributed by atoms with Gasteiger partial charge in [0.2, 0.25) is 0 Å². The summed E-state index contributed by atoms with van der Waals surface area (Å²) in [6.07, 6.45) is 5.44. The summed E-state index contributed by atoms with van der Waals surface area (Å²) in [5.41, 5.74) is 5.13. The fourth-order valence-electron chi connectivity index (χ4n) is 2.74. The number of aromatic nitrogens is 3. The molecule has 0 radical (unpaired) electrons. The van der Waals surface area contributed by atoms with Crippen molar-refractivity contribution in [2.75, 3.05) is 0 Å². The van der Waals surface area contributed by atoms with Crippen LogP contribution in [0, 0.1) is 18.3 Å². The van der Waals surface area contributed by atoms with Crippen LogP contribution in [0.4, 0.5) is 0 Å². The Kier molecular flexibility index (Phi) is 3.90. The van der Waals surface area contributed by atoms with Crippen molar-refractivity contribution in [2.24, 2.45) is 7.05 Å². The Hall–Kier alpha value is -3.00. The molecule has 1 aromatic carbocycles. The number of rotatable bonds is 4. The highest BCUT2D eigenvalue weighted by atomic mass is 16.1. The van der Waals surface area contributed by atoms with E-state index >= 15 is 0 Å². The van der Waals surface area contributed by atoms with Crippen LogP contribution < -0.4 is 0 Å². The average molecular weight is 304 g/mol. The Bertz CT molecular complexity index is 934. The zero-order valence-corrected chi connectivity index (χ0v) is 13.1. The largest absolute Gasteiger partial charge is 0.332 e. The second kappa shape index (κ2) is 6.01. The molecule has 0 bridgehead atoms. The van der Waals surface area contributed by atoms with Gasteiger partial charge in [0.1, 0.15) is 0 Å². The quantitative estimate of drug-likeness (QED) is 0.694. The van der Waals surface area contributed by atoms with E-state index in [0.29, 0.717) is 18.4 Å². The minimum Gasteiger partial charge on any atom is -0.332 e. The number of nitrogens with zero attached hydrogens (tertiary/aromatic N) is 4. The Morgan fingerprint density at radius 2 is 2.17 bits per heavy atom. The highest BCUT2D eigenvalue weighted by Crippen LogP contribution is 2.26. The van der Waals surface area contributed by atoms with E-state index in [4.69, 9.17) is 5.26 Å². The molecule has 0 N–H and O–H groups in total. The first-order valence-electron chi connectivity index (χ1n) is 7.37. The van der Waals surface area contributed by atoms with Gasteiger partial charge in [-0.2, -0.15) is 5.26 Å². The maximum atomic E-state index is 11.5. The van der Waals surface area contributed by atoms with E-state index in [1.165, 1.54) is 0 Å². The first kappa shape index (κ1) is 14.9. The molecule has 0 unspecified atom stereocenters. The van der Waals surface area contributed by atoms with E-state index in [2.05, 4.69) is 16.0 Å². The monoisotopic (exact) mass is 304 g/mol. The molecule has 0 spiro atoms. The summed E-state index contributed by atoms with van der Waals surface area (Å²) in [5.74, 6) is 0. The molecule has 0 aliphatic rings. The maximum Gasteiger partial charge on any atom is 0.150 e. The standard InChI is InChI=1S/C18H16N4O/c1-12-6-16-15(7-13(12)4-3-5-19)14(10-23)8-17(21-16)18-9-20-11-22(18)2/h6-11H,3-4H2,1-2H3. The lowest BCUT2D eigenvalue weighted by molar-refractivity contribution is 0.112. The average Bonchev–Trinajstić information content (AvgIpc) is 2.98. The van der Waals surface area contributed by atoms with Crippen molar-refractivity contribution < 1.29 is 4.79 Å². The highest BCUT2D eigenvalue weighted by molar-refractivity contribution is 5.98. The number of benzene rings is 1. The molecule has 5 heteroatoms. The summed E-state index contributed by atoms with van der Waals surface area (Å²) in [5, 5.41) is 9.60. The lowest BCUT2D eigenvalue weighted by atomic mass is 9.98. The fraction of sp³-hybridized carbons (Fsp3) is 0.222. The molecule has 3 aromatic rings. The van der Waals surface area contributed by atoms with Crippen LogP contribution in [0.3, 0.4) is 0 Å². The Balaban J connectivity index is 2.21. The Labute approximate surface area is 134 Å². The minimum absolute atomic E-state index is 0.462. The molecule has 0 saturated carbocycles. The SMILES string of the molecule is Cc1cc2nc(-c3cncn3C)cc(C=O)c2cc1CCC#N. The van der Waals surface area contributed by atoms with E-state index in [1.807, 2.05) is 30.7 Å². The molecule has 114 valence electrons. The van der Waals surface area contributed by atoms with Gasteiger partial charge >= 0.3 is 0 Å². The van der Waals surface area contributed by atoms with Gasteiger partial charge in [0.15, 0.2) is 6.29 Å². The molecule has 2 aromatic heterocycles. The molecular formula is C18H16N4O. The van der Waals surface area contributed by atoms with Gasteiger partial charge in [-0.1, -0.05) is 0 Å². The molecule has 0 saturated heterocycles. The molecule has 23 heavy (non-hydrogen) atoms. The van der Waals surface area contributed by atoms with Crippen LogP contribution in [0.5, 0.6) is 0 Å². The lowest BCUT2D eigenvalue weighted by Gasteiger charge is -2.10. The molecule has 0 aliphatic heterocycles. The number of carbonyl (C=O) groups excluding carboxylic acids is 1. The van der Waals surface area contributed by atoms with Crippen LogP contribution in [-0.2, 0) is 13.5 Å². The van der Waals surface area contributed by atoms with E-state index in [9.17, 15) is 4.79 Å². The van der Waals surface area contributed by atoms with Gasteiger partial charge in [-0.05, 0) is 42.7 Å². The summed E-state index contributed by atoms with van der Waals surface area (Å²) < 4.78 is 1.87. The molecule has 0 amide bonds. The Morgan fingerprint density at radius 3 is 2.83 bits per heavy atom. The summed E-state index contributed by atoms with van der Waals surface area (Å²) in [4.78, 5) is 20.3. The van der Waals surface area contributed by atoms with Gasteiger partial charge < -0.3 is 4.57 Å². The fourth-order valence-corrected chi connectivity index (χ4v) is 2.74. The van der Waals surface area contributed by atoms with Crippen molar-refractivity contribution in [3.63, 3.8) is 0 Å². The van der Waals surface area contributed by atoms with Crippen LogP contribution in [0.1, 0.15) is 27.9 Å². The predicted octanol–water partition coefficient (Wildman–Crippen LogP) is 3.21. The molecule has 0 aliphatic carbocycles. The van der Waals surface area contributed by atoms with Gasteiger partial charge in [0.25, 0.3) is 0 Å². The molecule has 0 atom stereocenters. The summed E-state index contributed by atoms with van der Waals surface area (Å²) in [6, 6.07) is 7.91. The van der Waals surface area contributed by atoms with Crippen LogP contribution in [0.25, 0.3) is 22.3 Å². The van der Waals surface area contributed by atoms with Crippen molar-refractivity contribution in [2.45, 2.75) is 19.8 Å². The molecular weight excluding hydrogens is 288 g/mol. The van der Waals surface area contributed by atoms with E-state index in [1.54, 1.807) is 18.6 Å². The van der Waals surface area contributed by atoms with Gasteiger partial charge in [-0.3, -0.25) is 4.79 Å². The smallest absolute Gasteiger partial charge is 0.150 e. The third-order valence-electron chi connectivity index (χ3n) is 4.01. The van der Waals surface area contributed by atoms with Crippen LogP contribution >= 0.6 is 0 Å². The third kappa shape index (κ3) is 2.71. The van der Waals surface area contributed by atoms with E-state index < -0.39 is 0 Å². The number of aldehydes is 1. The van der Waals surface area contributed by atoms with Crippen molar-refractivity contribution in [3.8, 4) is 17.5 Å². The summed E-state index contributed by atoms with van der Waals surface area (Å²) in [7, 11) is 1.89. The second-order valence-electron chi connectivity index (χ2n) is 5.56. The number of aryl methyl sites for hydroxylation is 3. The summed E-state index contributed by atoms with van der Waals surface area (Å²) in [6.45, 7) is 2.01. The minimum atomic E-state index is 0.462. The number of pyridine rings is 1. The first-order valence-corrected chi connectivity index (χ1v) is 7.37. The number of carbonyl (C=O) groups is 1. The number of fused-ring (bicyclic) bond motifs is 1. The van der Waals surface area contributed by atoms with Gasteiger partial charge in [-0.15, -0.1) is 0 Å². The molecule has 3 rings (SSSR count). The van der Waals surface area contributed by atoms with Crippen molar-refractivity contribution >= 4 is 17.2 Å². The predicted molar refractivity (Wildman–Crippen MR) is 88.0 cm³/mol. The molecule has 5 nitrogen and oxygen atoms in total. The maximum absolute atomic E-state index is 11.5. The van der Waals surface area contributed by atoms with Crippen LogP contribution in [-0.4, -0.2) is 20.8 Å². The topological polar surface area (TPSA) is 71.6 Å². The number of nitriles is 1. The zero-order valence-electron chi connectivity index (χ0n) is 13.1. The second-order valence-corrected chi connectivity index (χ2v) is 5.56. The van der Waals surface area contributed by atoms with Gasteiger partial charge in [0.05, 0.1) is 35.5 Å². The van der Waals surface area contributed by atoms with Crippen LogP contribution in [0.15, 0.2) is 30.7 Å². The first-order chi connectivity index (χ1) is 11.1. The Morgan fingerprint density at radius 1 is 1.35 bits per heavy atom. The number of imidazole rings is 1. The third-order valence-corrected chi connectivity index (χ3v) is 4.01. The lowest BCUT2D eigenvalue weighted by Crippen LogP contribution is -1.98. The van der Waals surface area contributed by atoms with E-state index in [-0.39, 0.29) is 0 Å². The van der Waals surface area contributed by atoms with Crippen molar-refractivity contribution in [1.82, 2.24) is 14.5 Å². The van der Waals surface area contributed by atoms with Gasteiger partial charge in [0, 0.05) is 24.4 Å². The number of hydrogen-bond acceptors (Lipinski definition) is 4. The highest BCUT2D eigenvalue weighted by Gasteiger charge is 2.12. The van der Waals surface area contributed by atoms with Crippen LogP contribution in [0.2, 0.25) is 0 Å². The van der Waals surface area contributed by atoms with Crippen molar-refractivity contribution in [1.29, 1.82) is 5.26 Å². The molecule has 0 fully saturated rings. The van der Waals surface area contributed by atoms with Crippen molar-refractivity contribution in [3.05, 3.63) is 47.4 Å². The molecule has 2 heterocycles.